The van der Waals surface area contributed by atoms with Crippen molar-refractivity contribution in [1.29, 1.82) is 0 Å². The Hall–Kier alpha value is -0.790. The number of methoxy groups -OCH3 is 1. The lowest BCUT2D eigenvalue weighted by Gasteiger charge is -2.19. The Bertz CT molecular complexity index is 516. The largest absolute Gasteiger partial charge is 0.495 e. The first-order valence-corrected chi connectivity index (χ1v) is 8.51. The van der Waals surface area contributed by atoms with E-state index in [9.17, 15) is 4.79 Å². The SMILES string of the molecule is COc1c(Br)cc(Br)cc1CNCCNC(=O)OC(C)(C)C. The topological polar surface area (TPSA) is 59.6 Å². The van der Waals surface area contributed by atoms with Crippen LogP contribution < -0.4 is 15.4 Å². The van der Waals surface area contributed by atoms with Crippen LogP contribution in [0.5, 0.6) is 5.75 Å². The summed E-state index contributed by atoms with van der Waals surface area (Å²) in [5.74, 6) is 0.802. The summed E-state index contributed by atoms with van der Waals surface area (Å²) >= 11 is 6.93. The van der Waals surface area contributed by atoms with Gasteiger partial charge in [-0.15, -0.1) is 0 Å². The molecule has 1 aromatic carbocycles. The van der Waals surface area contributed by atoms with E-state index < -0.39 is 11.7 Å². The van der Waals surface area contributed by atoms with Gasteiger partial charge in [-0.3, -0.25) is 0 Å². The molecule has 0 saturated heterocycles. The van der Waals surface area contributed by atoms with Crippen molar-refractivity contribution in [3.05, 3.63) is 26.6 Å². The molecule has 0 unspecified atom stereocenters. The lowest BCUT2D eigenvalue weighted by atomic mass is 10.2. The van der Waals surface area contributed by atoms with Crippen LogP contribution in [0, 0.1) is 0 Å². The van der Waals surface area contributed by atoms with Gasteiger partial charge in [0.15, 0.2) is 0 Å². The Kier molecular flexibility index (Phi) is 7.65. The molecule has 1 aromatic rings. The Balaban J connectivity index is 2.38. The molecule has 0 atom stereocenters. The Labute approximate surface area is 148 Å². The highest BCUT2D eigenvalue weighted by molar-refractivity contribution is 9.11. The lowest BCUT2D eigenvalue weighted by molar-refractivity contribution is 0.0528. The zero-order valence-electron chi connectivity index (χ0n) is 13.3. The fourth-order valence-corrected chi connectivity index (χ4v) is 3.24. The van der Waals surface area contributed by atoms with Crippen molar-refractivity contribution in [2.24, 2.45) is 0 Å². The van der Waals surface area contributed by atoms with Crippen LogP contribution in [-0.4, -0.2) is 31.9 Å². The van der Waals surface area contributed by atoms with Crippen molar-refractivity contribution in [2.75, 3.05) is 20.2 Å². The van der Waals surface area contributed by atoms with Gasteiger partial charge in [-0.25, -0.2) is 4.79 Å². The third-order valence-corrected chi connectivity index (χ3v) is 3.62. The summed E-state index contributed by atoms with van der Waals surface area (Å²) in [6.45, 7) is 7.27. The number of hydrogen-bond donors (Lipinski definition) is 2. The zero-order valence-corrected chi connectivity index (χ0v) is 16.4. The summed E-state index contributed by atoms with van der Waals surface area (Å²) < 4.78 is 12.4. The van der Waals surface area contributed by atoms with Crippen LogP contribution in [0.1, 0.15) is 26.3 Å². The summed E-state index contributed by atoms with van der Waals surface area (Å²) in [6.07, 6.45) is -0.405. The molecule has 0 aliphatic rings. The number of alkyl carbamates (subject to hydrolysis) is 1. The average molecular weight is 438 g/mol. The molecule has 2 N–H and O–H groups in total. The number of carbonyl (C=O) groups is 1. The van der Waals surface area contributed by atoms with Crippen LogP contribution >= 0.6 is 31.9 Å². The second-order valence-electron chi connectivity index (χ2n) is 5.69. The Morgan fingerprint density at radius 2 is 1.91 bits per heavy atom. The normalized spacial score (nSPS) is 11.2. The van der Waals surface area contributed by atoms with Crippen LogP contribution in [0.15, 0.2) is 21.1 Å². The summed E-state index contributed by atoms with van der Waals surface area (Å²) in [5, 5.41) is 5.96. The van der Waals surface area contributed by atoms with Crippen molar-refractivity contribution in [3.63, 3.8) is 0 Å². The van der Waals surface area contributed by atoms with E-state index in [2.05, 4.69) is 42.5 Å². The number of ether oxygens (including phenoxy) is 2. The molecule has 0 heterocycles. The molecular formula is C15H22Br2N2O3. The molecule has 0 aromatic heterocycles. The van der Waals surface area contributed by atoms with Gasteiger partial charge < -0.3 is 20.1 Å². The molecule has 7 heteroatoms. The van der Waals surface area contributed by atoms with E-state index in [1.165, 1.54) is 0 Å². The predicted molar refractivity (Wildman–Crippen MR) is 94.3 cm³/mol. The summed E-state index contributed by atoms with van der Waals surface area (Å²) in [4.78, 5) is 11.5. The number of amides is 1. The Morgan fingerprint density at radius 1 is 1.23 bits per heavy atom. The van der Waals surface area contributed by atoms with Crippen LogP contribution in [0.2, 0.25) is 0 Å². The van der Waals surface area contributed by atoms with E-state index in [0.717, 1.165) is 20.3 Å². The fraction of sp³-hybridized carbons (Fsp3) is 0.533. The molecule has 0 spiro atoms. The van der Waals surface area contributed by atoms with Crippen molar-refractivity contribution in [3.8, 4) is 5.75 Å². The number of halogens is 2. The lowest BCUT2D eigenvalue weighted by Crippen LogP contribution is -2.36. The van der Waals surface area contributed by atoms with Crippen molar-refractivity contribution < 1.29 is 14.3 Å². The van der Waals surface area contributed by atoms with Gasteiger partial charge >= 0.3 is 6.09 Å². The fourth-order valence-electron chi connectivity index (χ4n) is 1.76. The molecule has 0 aliphatic carbocycles. The smallest absolute Gasteiger partial charge is 0.407 e. The van der Waals surface area contributed by atoms with Crippen LogP contribution in [0.4, 0.5) is 4.79 Å². The minimum Gasteiger partial charge on any atom is -0.495 e. The van der Waals surface area contributed by atoms with E-state index in [4.69, 9.17) is 9.47 Å². The number of rotatable bonds is 6. The van der Waals surface area contributed by atoms with Gasteiger partial charge in [0.25, 0.3) is 0 Å². The Morgan fingerprint density at radius 3 is 2.50 bits per heavy atom. The third-order valence-electron chi connectivity index (χ3n) is 2.57. The summed E-state index contributed by atoms with van der Waals surface area (Å²) in [6, 6.07) is 3.93. The number of hydrogen-bond acceptors (Lipinski definition) is 4. The molecule has 0 aliphatic heterocycles. The number of carbonyl (C=O) groups excluding carboxylic acids is 1. The second kappa shape index (κ2) is 8.74. The van der Waals surface area contributed by atoms with Gasteiger partial charge in [0.05, 0.1) is 11.6 Å². The van der Waals surface area contributed by atoms with Crippen LogP contribution in [-0.2, 0) is 11.3 Å². The van der Waals surface area contributed by atoms with Gasteiger partial charge in [0.1, 0.15) is 11.4 Å². The first-order chi connectivity index (χ1) is 10.2. The van der Waals surface area contributed by atoms with Crippen molar-refractivity contribution >= 4 is 38.0 Å². The van der Waals surface area contributed by atoms with E-state index in [0.29, 0.717) is 19.6 Å². The minimum atomic E-state index is -0.479. The van der Waals surface area contributed by atoms with Gasteiger partial charge in [0.2, 0.25) is 0 Å². The maximum atomic E-state index is 11.5. The molecule has 1 amide bonds. The van der Waals surface area contributed by atoms with Crippen molar-refractivity contribution in [1.82, 2.24) is 10.6 Å². The van der Waals surface area contributed by atoms with E-state index in [1.54, 1.807) is 7.11 Å². The highest BCUT2D eigenvalue weighted by atomic mass is 79.9. The predicted octanol–water partition coefficient (Wildman–Crippen LogP) is 3.83. The summed E-state index contributed by atoms with van der Waals surface area (Å²) in [7, 11) is 1.64. The van der Waals surface area contributed by atoms with Crippen LogP contribution in [0.25, 0.3) is 0 Å². The second-order valence-corrected chi connectivity index (χ2v) is 7.46. The molecule has 0 saturated carbocycles. The number of nitrogens with one attached hydrogen (secondary N) is 2. The van der Waals surface area contributed by atoms with E-state index in [1.807, 2.05) is 32.9 Å². The standard InChI is InChI=1S/C15H22Br2N2O3/c1-15(2,3)22-14(20)19-6-5-18-9-10-7-11(16)8-12(17)13(10)21-4/h7-8,18H,5-6,9H2,1-4H3,(H,19,20). The van der Waals surface area contributed by atoms with E-state index in [-0.39, 0.29) is 0 Å². The maximum absolute atomic E-state index is 11.5. The minimum absolute atomic E-state index is 0.405. The van der Waals surface area contributed by atoms with Gasteiger partial charge in [0, 0.05) is 29.7 Å². The summed E-state index contributed by atoms with van der Waals surface area (Å²) in [5.41, 5.74) is 0.550. The molecule has 5 nitrogen and oxygen atoms in total. The molecule has 0 bridgehead atoms. The van der Waals surface area contributed by atoms with E-state index >= 15 is 0 Å². The van der Waals surface area contributed by atoms with Crippen LogP contribution in [0.3, 0.4) is 0 Å². The van der Waals surface area contributed by atoms with Gasteiger partial charge in [-0.05, 0) is 48.8 Å². The highest BCUT2D eigenvalue weighted by Crippen LogP contribution is 2.32. The van der Waals surface area contributed by atoms with Gasteiger partial charge in [-0.2, -0.15) is 0 Å². The third kappa shape index (κ3) is 6.98. The molecule has 1 rings (SSSR count). The molecule has 124 valence electrons. The average Bonchev–Trinajstić information content (AvgIpc) is 2.35. The molecular weight excluding hydrogens is 416 g/mol. The molecule has 0 fully saturated rings. The number of benzene rings is 1. The van der Waals surface area contributed by atoms with Crippen molar-refractivity contribution in [2.45, 2.75) is 32.9 Å². The highest BCUT2D eigenvalue weighted by Gasteiger charge is 2.15. The maximum Gasteiger partial charge on any atom is 0.407 e. The zero-order chi connectivity index (χ0) is 16.8. The molecule has 22 heavy (non-hydrogen) atoms. The quantitative estimate of drug-likeness (QED) is 0.664. The van der Waals surface area contributed by atoms with Gasteiger partial charge in [-0.1, -0.05) is 15.9 Å². The molecule has 0 radical (unpaired) electrons. The first kappa shape index (κ1) is 19.3. The first-order valence-electron chi connectivity index (χ1n) is 6.92. The monoisotopic (exact) mass is 436 g/mol.